The third kappa shape index (κ3) is 2.41. The van der Waals surface area contributed by atoms with Crippen molar-refractivity contribution in [2.24, 2.45) is 5.73 Å². The number of quaternary nitrogens is 1. The first-order chi connectivity index (χ1) is 11.6. The van der Waals surface area contributed by atoms with E-state index in [9.17, 15) is 9.59 Å². The molecule has 0 aliphatic carbocycles. The number of fused-ring (bicyclic) bond motifs is 2. The lowest BCUT2D eigenvalue weighted by Gasteiger charge is -2.31. The smallest absolute Gasteiger partial charge is 0.408 e. The lowest BCUT2D eigenvalue weighted by molar-refractivity contribution is -0.953. The van der Waals surface area contributed by atoms with E-state index in [0.717, 1.165) is 16.0 Å². The topological polar surface area (TPSA) is 82.7 Å². The van der Waals surface area contributed by atoms with Gasteiger partial charge in [-0.2, -0.15) is 0 Å². The van der Waals surface area contributed by atoms with E-state index in [2.05, 4.69) is 6.07 Å². The molecule has 3 aromatic rings. The Balaban J connectivity index is 1.73. The highest BCUT2D eigenvalue weighted by Gasteiger charge is 2.34. The number of amides is 1. The molecule has 1 amide bonds. The first-order valence-corrected chi connectivity index (χ1v) is 7.92. The predicted molar refractivity (Wildman–Crippen MR) is 88.3 cm³/mol. The number of carbonyl (C=O) groups excluding carboxylic acids is 1. The number of aromatic nitrogens is 1. The number of hydrogen-bond donors (Lipinski definition) is 2. The van der Waals surface area contributed by atoms with E-state index >= 15 is 0 Å². The lowest BCUT2D eigenvalue weighted by atomic mass is 9.94. The number of primary amides is 1. The Bertz CT molecular complexity index is 973. The minimum absolute atomic E-state index is 0.345. The van der Waals surface area contributed by atoms with Gasteiger partial charge in [-0.25, -0.2) is 9.36 Å². The summed E-state index contributed by atoms with van der Waals surface area (Å²) in [7, 11) is 0. The normalized spacial score (nSPS) is 20.0. The molecule has 1 aromatic heterocycles. The van der Waals surface area contributed by atoms with Gasteiger partial charge in [-0.1, -0.05) is 36.4 Å². The third-order valence-corrected chi connectivity index (χ3v) is 4.73. The quantitative estimate of drug-likeness (QED) is 0.714. The minimum atomic E-state index is -0.411. The van der Waals surface area contributed by atoms with Crippen molar-refractivity contribution in [1.29, 1.82) is 0 Å². The molecule has 24 heavy (non-hydrogen) atoms. The van der Waals surface area contributed by atoms with Crippen LogP contribution in [-0.2, 0) is 24.4 Å². The van der Waals surface area contributed by atoms with Gasteiger partial charge in [-0.3, -0.25) is 4.79 Å². The Morgan fingerprint density at radius 2 is 1.88 bits per heavy atom. The molecule has 0 fully saturated rings. The number of carbonyl (C=O) groups is 1. The standard InChI is InChI=1S/C18H17N3O3/c19-17(22)15-9-12-5-1-2-6-13(12)10-20(15)11-21-14-7-3-4-8-16(14)24-18(21)23/h1-8,15H,9-11H2,(H2,19,22)/p+1/t15-/m0/s1. The highest BCUT2D eigenvalue weighted by molar-refractivity contribution is 5.79. The number of nitrogens with zero attached hydrogens (tertiary/aromatic N) is 1. The second kappa shape index (κ2) is 5.65. The van der Waals surface area contributed by atoms with Gasteiger partial charge in [0.1, 0.15) is 6.54 Å². The molecular weight excluding hydrogens is 306 g/mol. The fraction of sp³-hybridized carbons (Fsp3) is 0.222. The van der Waals surface area contributed by atoms with E-state index in [1.165, 1.54) is 5.56 Å². The molecule has 122 valence electrons. The Morgan fingerprint density at radius 1 is 1.17 bits per heavy atom. The van der Waals surface area contributed by atoms with Crippen molar-refractivity contribution in [3.63, 3.8) is 0 Å². The highest BCUT2D eigenvalue weighted by Crippen LogP contribution is 2.15. The fourth-order valence-corrected chi connectivity index (χ4v) is 3.50. The molecule has 2 aromatic carbocycles. The molecule has 0 bridgehead atoms. The van der Waals surface area contributed by atoms with Gasteiger partial charge < -0.3 is 15.1 Å². The van der Waals surface area contributed by atoms with E-state index in [-0.39, 0.29) is 11.9 Å². The fourth-order valence-electron chi connectivity index (χ4n) is 3.50. The zero-order chi connectivity index (χ0) is 16.7. The molecule has 1 aliphatic rings. The van der Waals surface area contributed by atoms with Gasteiger partial charge in [-0.15, -0.1) is 0 Å². The molecule has 1 aliphatic heterocycles. The summed E-state index contributed by atoms with van der Waals surface area (Å²) in [6.07, 6.45) is 0.589. The van der Waals surface area contributed by atoms with Crippen LogP contribution in [0, 0.1) is 0 Å². The average Bonchev–Trinajstić information content (AvgIpc) is 2.90. The molecule has 2 heterocycles. The Labute approximate surface area is 138 Å². The number of nitrogens with two attached hydrogens (primary N) is 1. The SMILES string of the molecule is NC(=O)[C@@H]1Cc2ccccc2C[NH+]1Cn1c(=O)oc2ccccc21. The average molecular weight is 324 g/mol. The van der Waals surface area contributed by atoms with Gasteiger partial charge in [0.05, 0.1) is 5.52 Å². The van der Waals surface area contributed by atoms with Crippen LogP contribution in [0.3, 0.4) is 0 Å². The Kier molecular flexibility index (Phi) is 3.46. The van der Waals surface area contributed by atoms with Gasteiger partial charge in [0.2, 0.25) is 0 Å². The van der Waals surface area contributed by atoms with Gasteiger partial charge in [0.15, 0.2) is 18.3 Å². The molecule has 6 heteroatoms. The van der Waals surface area contributed by atoms with E-state index < -0.39 is 5.76 Å². The largest absolute Gasteiger partial charge is 0.424 e. The molecule has 0 saturated carbocycles. The van der Waals surface area contributed by atoms with E-state index in [1.807, 2.05) is 36.4 Å². The van der Waals surface area contributed by atoms with Crippen LogP contribution in [0.4, 0.5) is 0 Å². The van der Waals surface area contributed by atoms with Gasteiger partial charge in [0.25, 0.3) is 5.91 Å². The van der Waals surface area contributed by atoms with Crippen LogP contribution < -0.4 is 16.4 Å². The van der Waals surface area contributed by atoms with E-state index in [0.29, 0.717) is 25.2 Å². The summed E-state index contributed by atoms with van der Waals surface area (Å²) in [6, 6.07) is 15.0. The molecule has 4 rings (SSSR count). The molecule has 0 radical (unpaired) electrons. The summed E-state index contributed by atoms with van der Waals surface area (Å²) in [5, 5.41) is 0. The molecule has 0 saturated heterocycles. The maximum Gasteiger partial charge on any atom is 0.424 e. The first-order valence-electron chi connectivity index (χ1n) is 7.92. The summed E-state index contributed by atoms with van der Waals surface area (Å²) in [5.74, 6) is -0.758. The molecule has 3 N–H and O–H groups in total. The first kappa shape index (κ1) is 14.7. The van der Waals surface area contributed by atoms with Crippen LogP contribution in [0.1, 0.15) is 11.1 Å². The molecule has 6 nitrogen and oxygen atoms in total. The van der Waals surface area contributed by atoms with E-state index in [1.54, 1.807) is 10.6 Å². The number of para-hydroxylation sites is 2. The maximum atomic E-state index is 12.2. The van der Waals surface area contributed by atoms with Crippen LogP contribution >= 0.6 is 0 Å². The summed E-state index contributed by atoms with van der Waals surface area (Å²) < 4.78 is 6.86. The summed E-state index contributed by atoms with van der Waals surface area (Å²) in [6.45, 7) is 0.994. The molecule has 2 atom stereocenters. The number of hydrogen-bond acceptors (Lipinski definition) is 3. The number of benzene rings is 2. The van der Waals surface area contributed by atoms with Gasteiger partial charge >= 0.3 is 5.76 Å². The lowest BCUT2D eigenvalue weighted by Crippen LogP contribution is -3.16. The van der Waals surface area contributed by atoms with Crippen LogP contribution in [0.25, 0.3) is 11.1 Å². The predicted octanol–water partition coefficient (Wildman–Crippen LogP) is 0.0471. The van der Waals surface area contributed by atoms with Crippen LogP contribution in [0.5, 0.6) is 0 Å². The van der Waals surface area contributed by atoms with Gasteiger partial charge in [-0.05, 0) is 17.7 Å². The van der Waals surface area contributed by atoms with Crippen molar-refractivity contribution in [3.8, 4) is 0 Å². The number of rotatable bonds is 3. The van der Waals surface area contributed by atoms with Gasteiger partial charge in [0, 0.05) is 12.0 Å². The van der Waals surface area contributed by atoms with Crippen LogP contribution in [-0.4, -0.2) is 16.5 Å². The summed E-state index contributed by atoms with van der Waals surface area (Å²) in [4.78, 5) is 25.1. The zero-order valence-electron chi connectivity index (χ0n) is 13.1. The summed E-state index contributed by atoms with van der Waals surface area (Å²) in [5.41, 5.74) is 9.24. The van der Waals surface area contributed by atoms with Crippen molar-refractivity contribution >= 4 is 17.0 Å². The minimum Gasteiger partial charge on any atom is -0.408 e. The number of oxazole rings is 1. The zero-order valence-corrected chi connectivity index (χ0v) is 13.1. The Morgan fingerprint density at radius 3 is 2.67 bits per heavy atom. The third-order valence-electron chi connectivity index (χ3n) is 4.73. The highest BCUT2D eigenvalue weighted by atomic mass is 16.4. The molecule has 1 unspecified atom stereocenters. The van der Waals surface area contributed by atoms with Crippen LogP contribution in [0.2, 0.25) is 0 Å². The maximum absolute atomic E-state index is 12.2. The van der Waals surface area contributed by atoms with Crippen molar-refractivity contribution < 1.29 is 14.1 Å². The van der Waals surface area contributed by atoms with Crippen molar-refractivity contribution in [2.45, 2.75) is 25.7 Å². The molecule has 0 spiro atoms. The second-order valence-corrected chi connectivity index (χ2v) is 6.18. The van der Waals surface area contributed by atoms with Crippen molar-refractivity contribution in [3.05, 3.63) is 70.2 Å². The van der Waals surface area contributed by atoms with E-state index in [4.69, 9.17) is 10.2 Å². The Hall–Kier alpha value is -2.86. The molecular formula is C18H18N3O3+. The number of nitrogens with one attached hydrogen (secondary N) is 1. The van der Waals surface area contributed by atoms with Crippen molar-refractivity contribution in [2.75, 3.05) is 0 Å². The van der Waals surface area contributed by atoms with Crippen LogP contribution in [0.15, 0.2) is 57.7 Å². The second-order valence-electron chi connectivity index (χ2n) is 6.18. The van der Waals surface area contributed by atoms with Crippen molar-refractivity contribution in [1.82, 2.24) is 4.57 Å². The monoisotopic (exact) mass is 324 g/mol. The summed E-state index contributed by atoms with van der Waals surface area (Å²) >= 11 is 0.